The molecule has 0 bridgehead atoms. The van der Waals surface area contributed by atoms with Crippen LogP contribution in [0.5, 0.6) is 5.75 Å². The van der Waals surface area contributed by atoms with E-state index < -0.39 is 11.6 Å². The van der Waals surface area contributed by atoms with E-state index >= 15 is 0 Å². The third kappa shape index (κ3) is 3.12. The smallest absolute Gasteiger partial charge is 0.145 e. The largest absolute Gasteiger partial charge is 0.489 e. The van der Waals surface area contributed by atoms with Gasteiger partial charge < -0.3 is 4.74 Å². The Morgan fingerprint density at radius 1 is 0.944 bits per heavy atom. The van der Waals surface area contributed by atoms with Crippen molar-refractivity contribution >= 4 is 23.2 Å². The highest BCUT2D eigenvalue weighted by molar-refractivity contribution is 6.31. The van der Waals surface area contributed by atoms with E-state index in [2.05, 4.69) is 0 Å². The van der Waals surface area contributed by atoms with Gasteiger partial charge in [-0.2, -0.15) is 0 Å². The molecule has 0 fully saturated rings. The Morgan fingerprint density at radius 3 is 2.39 bits per heavy atom. The Hall–Kier alpha value is -1.32. The Bertz CT molecular complexity index is 573. The first-order valence-electron chi connectivity index (χ1n) is 5.08. The summed E-state index contributed by atoms with van der Waals surface area (Å²) in [5.41, 5.74) is 0.619. The summed E-state index contributed by atoms with van der Waals surface area (Å²) >= 11 is 11.4. The third-order valence-corrected chi connectivity index (χ3v) is 2.96. The maximum absolute atomic E-state index is 13.1. The molecular weight excluding hydrogens is 281 g/mol. The summed E-state index contributed by atoms with van der Waals surface area (Å²) in [6.45, 7) is 0.125. The monoisotopic (exact) mass is 288 g/mol. The molecule has 0 aliphatic rings. The summed E-state index contributed by atoms with van der Waals surface area (Å²) in [7, 11) is 0. The van der Waals surface area contributed by atoms with Crippen molar-refractivity contribution < 1.29 is 13.5 Å². The Kier molecular flexibility index (Phi) is 4.04. The van der Waals surface area contributed by atoms with Gasteiger partial charge in [-0.3, -0.25) is 0 Å². The first-order valence-corrected chi connectivity index (χ1v) is 5.83. The van der Waals surface area contributed by atoms with Crippen molar-refractivity contribution in [2.75, 3.05) is 0 Å². The van der Waals surface area contributed by atoms with Gasteiger partial charge in [0.1, 0.15) is 24.0 Å². The summed E-state index contributed by atoms with van der Waals surface area (Å²) in [4.78, 5) is 0. The van der Waals surface area contributed by atoms with Gasteiger partial charge in [-0.15, -0.1) is 0 Å². The van der Waals surface area contributed by atoms with Crippen molar-refractivity contribution in [3.63, 3.8) is 0 Å². The van der Waals surface area contributed by atoms with Crippen LogP contribution in [-0.2, 0) is 6.61 Å². The molecule has 94 valence electrons. The second-order valence-electron chi connectivity index (χ2n) is 3.60. The van der Waals surface area contributed by atoms with Crippen molar-refractivity contribution in [3.8, 4) is 5.75 Å². The molecule has 0 N–H and O–H groups in total. The average Bonchev–Trinajstić information content (AvgIpc) is 2.32. The average molecular weight is 289 g/mol. The van der Waals surface area contributed by atoms with E-state index in [-0.39, 0.29) is 16.7 Å². The van der Waals surface area contributed by atoms with Crippen molar-refractivity contribution in [2.24, 2.45) is 0 Å². The van der Waals surface area contributed by atoms with E-state index in [1.54, 1.807) is 6.07 Å². The highest BCUT2D eigenvalue weighted by Crippen LogP contribution is 2.23. The number of halogens is 4. The summed E-state index contributed by atoms with van der Waals surface area (Å²) in [5.74, 6) is -0.641. The molecule has 0 aliphatic carbocycles. The van der Waals surface area contributed by atoms with E-state index in [1.807, 2.05) is 0 Å². The Morgan fingerprint density at radius 2 is 1.72 bits per heavy atom. The van der Waals surface area contributed by atoms with Crippen LogP contribution in [0, 0.1) is 11.6 Å². The van der Waals surface area contributed by atoms with Crippen LogP contribution in [0.2, 0.25) is 10.0 Å². The van der Waals surface area contributed by atoms with Gasteiger partial charge in [0.2, 0.25) is 0 Å². The zero-order valence-electron chi connectivity index (χ0n) is 9.09. The number of benzene rings is 2. The zero-order valence-corrected chi connectivity index (χ0v) is 10.6. The van der Waals surface area contributed by atoms with E-state index in [4.69, 9.17) is 27.9 Å². The Balaban J connectivity index is 2.09. The lowest BCUT2D eigenvalue weighted by molar-refractivity contribution is 0.304. The van der Waals surface area contributed by atoms with Crippen molar-refractivity contribution in [2.45, 2.75) is 6.61 Å². The molecule has 18 heavy (non-hydrogen) atoms. The van der Waals surface area contributed by atoms with Crippen LogP contribution in [0.3, 0.4) is 0 Å². The maximum Gasteiger partial charge on any atom is 0.145 e. The molecule has 0 radical (unpaired) electrons. The van der Waals surface area contributed by atoms with Crippen LogP contribution in [-0.4, -0.2) is 0 Å². The topological polar surface area (TPSA) is 9.23 Å². The van der Waals surface area contributed by atoms with E-state index in [9.17, 15) is 8.78 Å². The quantitative estimate of drug-likeness (QED) is 0.784. The molecule has 0 saturated carbocycles. The lowest BCUT2D eigenvalue weighted by Gasteiger charge is -2.08. The Labute approximate surface area is 113 Å². The SMILES string of the molecule is Fc1ccc(COc2ccc(Cl)c(F)c2)c(Cl)c1. The molecule has 0 unspecified atom stereocenters. The van der Waals surface area contributed by atoms with Crippen LogP contribution in [0.25, 0.3) is 0 Å². The van der Waals surface area contributed by atoms with Crippen LogP contribution < -0.4 is 4.74 Å². The summed E-state index contributed by atoms with van der Waals surface area (Å²) in [6.07, 6.45) is 0. The first kappa shape index (κ1) is 13.1. The van der Waals surface area contributed by atoms with Gasteiger partial charge in [0.25, 0.3) is 0 Å². The second-order valence-corrected chi connectivity index (χ2v) is 4.41. The fourth-order valence-electron chi connectivity index (χ4n) is 1.37. The van der Waals surface area contributed by atoms with Gasteiger partial charge in [0.15, 0.2) is 0 Å². The van der Waals surface area contributed by atoms with Gasteiger partial charge in [0, 0.05) is 11.6 Å². The predicted octanol–water partition coefficient (Wildman–Crippen LogP) is 4.85. The molecule has 0 spiro atoms. The van der Waals surface area contributed by atoms with Gasteiger partial charge in [-0.05, 0) is 24.3 Å². The number of hydrogen-bond acceptors (Lipinski definition) is 1. The molecular formula is C13H8Cl2F2O. The first-order chi connectivity index (χ1) is 8.56. The van der Waals surface area contributed by atoms with Gasteiger partial charge >= 0.3 is 0 Å². The standard InChI is InChI=1S/C13H8Cl2F2O/c14-11-4-3-10(6-13(11)17)18-7-8-1-2-9(16)5-12(8)15/h1-6H,7H2. The van der Waals surface area contributed by atoms with Gasteiger partial charge in [0.05, 0.1) is 10.0 Å². The zero-order chi connectivity index (χ0) is 13.1. The van der Waals surface area contributed by atoms with E-state index in [0.717, 1.165) is 0 Å². The summed E-state index contributed by atoms with van der Waals surface area (Å²) in [6, 6.07) is 8.13. The summed E-state index contributed by atoms with van der Waals surface area (Å²) < 4.78 is 31.3. The second kappa shape index (κ2) is 5.55. The fourth-order valence-corrected chi connectivity index (χ4v) is 1.71. The molecule has 5 heteroatoms. The van der Waals surface area contributed by atoms with E-state index in [0.29, 0.717) is 11.3 Å². The fraction of sp³-hybridized carbons (Fsp3) is 0.0769. The molecule has 0 saturated heterocycles. The summed E-state index contributed by atoms with van der Waals surface area (Å²) in [5, 5.41) is 0.298. The molecule has 0 heterocycles. The van der Waals surface area contributed by atoms with E-state index in [1.165, 1.54) is 30.3 Å². The van der Waals surface area contributed by atoms with Crippen LogP contribution in [0.4, 0.5) is 8.78 Å². The third-order valence-electron chi connectivity index (χ3n) is 2.30. The van der Waals surface area contributed by atoms with Crippen LogP contribution in [0.15, 0.2) is 36.4 Å². The molecule has 0 aliphatic heterocycles. The normalized spacial score (nSPS) is 10.4. The highest BCUT2D eigenvalue weighted by Gasteiger charge is 2.05. The minimum Gasteiger partial charge on any atom is -0.489 e. The minimum absolute atomic E-state index is 0.0298. The lowest BCUT2D eigenvalue weighted by Crippen LogP contribution is -1.97. The number of ether oxygens (including phenoxy) is 1. The molecule has 2 rings (SSSR count). The minimum atomic E-state index is -0.556. The van der Waals surface area contributed by atoms with Gasteiger partial charge in [-0.1, -0.05) is 29.3 Å². The highest BCUT2D eigenvalue weighted by atomic mass is 35.5. The van der Waals surface area contributed by atoms with Crippen LogP contribution >= 0.6 is 23.2 Å². The maximum atomic E-state index is 13.1. The lowest BCUT2D eigenvalue weighted by atomic mass is 10.2. The van der Waals surface area contributed by atoms with Crippen molar-refractivity contribution in [1.29, 1.82) is 0 Å². The molecule has 2 aromatic rings. The molecule has 0 atom stereocenters. The van der Waals surface area contributed by atoms with Crippen molar-refractivity contribution in [1.82, 2.24) is 0 Å². The van der Waals surface area contributed by atoms with Crippen molar-refractivity contribution in [3.05, 3.63) is 63.6 Å². The van der Waals surface area contributed by atoms with Crippen LogP contribution in [0.1, 0.15) is 5.56 Å². The molecule has 2 aromatic carbocycles. The number of rotatable bonds is 3. The number of hydrogen-bond donors (Lipinski definition) is 0. The van der Waals surface area contributed by atoms with Gasteiger partial charge in [-0.25, -0.2) is 8.78 Å². The molecule has 1 nitrogen and oxygen atoms in total. The predicted molar refractivity (Wildman–Crippen MR) is 67.2 cm³/mol. The molecule has 0 amide bonds. The molecule has 0 aromatic heterocycles.